The molecule has 2 heterocycles. The van der Waals surface area contributed by atoms with Crippen molar-refractivity contribution in [3.8, 4) is 0 Å². The number of amides is 1. The highest BCUT2D eigenvalue weighted by Gasteiger charge is 2.52. The molecule has 0 saturated carbocycles. The van der Waals surface area contributed by atoms with Crippen molar-refractivity contribution in [1.29, 1.82) is 0 Å². The molecule has 1 amide bonds. The summed E-state index contributed by atoms with van der Waals surface area (Å²) in [6, 6.07) is 3.04. The zero-order valence-corrected chi connectivity index (χ0v) is 16.9. The smallest absolute Gasteiger partial charge is 0.413 e. The number of carbonyl (C=O) groups excluding carboxylic acids is 1. The summed E-state index contributed by atoms with van der Waals surface area (Å²) in [7, 11) is 0. The molecule has 0 bridgehead atoms. The number of ether oxygens (including phenoxy) is 2. The lowest BCUT2D eigenvalue weighted by Crippen LogP contribution is -2.54. The van der Waals surface area contributed by atoms with E-state index in [4.69, 9.17) is 9.47 Å². The van der Waals surface area contributed by atoms with E-state index in [-0.39, 0.29) is 35.4 Å². The number of hydrogen-bond donors (Lipinski definition) is 1. The second-order valence-corrected chi connectivity index (χ2v) is 8.85. The summed E-state index contributed by atoms with van der Waals surface area (Å²) in [5.41, 5.74) is -2.76. The van der Waals surface area contributed by atoms with E-state index in [1.165, 1.54) is 0 Å². The molecular weight excluding hydrogens is 408 g/mol. The van der Waals surface area contributed by atoms with E-state index in [9.17, 15) is 23.7 Å². The number of amidine groups is 1. The predicted octanol–water partition coefficient (Wildman–Crippen LogP) is 3.54. The Morgan fingerprint density at radius 2 is 2.21 bits per heavy atom. The van der Waals surface area contributed by atoms with Gasteiger partial charge in [-0.05, 0) is 26.8 Å². The number of carbonyl (C=O) groups is 1. The van der Waals surface area contributed by atoms with Crippen LogP contribution in [-0.2, 0) is 15.0 Å². The first kappa shape index (κ1) is 21.4. The summed E-state index contributed by atoms with van der Waals surface area (Å²) >= 11 is 1.10. The molecular formula is C18H21F2N3O5S. The van der Waals surface area contributed by atoms with Crippen molar-refractivity contribution in [2.24, 2.45) is 10.9 Å². The Bertz CT molecular complexity index is 860. The number of nitro benzene ring substituents is 1. The van der Waals surface area contributed by atoms with Crippen molar-refractivity contribution in [1.82, 2.24) is 5.32 Å². The van der Waals surface area contributed by atoms with E-state index >= 15 is 0 Å². The van der Waals surface area contributed by atoms with Gasteiger partial charge in [0.2, 0.25) is 0 Å². The zero-order valence-electron chi connectivity index (χ0n) is 16.1. The first-order valence-corrected chi connectivity index (χ1v) is 9.89. The normalized spacial score (nSPS) is 26.9. The lowest BCUT2D eigenvalue weighted by atomic mass is 9.75. The Kier molecular flexibility index (Phi) is 5.81. The highest BCUT2D eigenvalue weighted by molar-refractivity contribution is 8.13. The number of benzene rings is 1. The number of aliphatic imine (C=N–C) groups is 1. The molecule has 1 aromatic rings. The second kappa shape index (κ2) is 7.86. The van der Waals surface area contributed by atoms with Gasteiger partial charge in [-0.15, -0.1) is 0 Å². The lowest BCUT2D eigenvalue weighted by Gasteiger charge is -2.45. The highest BCUT2D eigenvalue weighted by Crippen LogP contribution is 2.47. The summed E-state index contributed by atoms with van der Waals surface area (Å²) in [4.78, 5) is 27.0. The number of nitrogens with one attached hydrogen (secondary N) is 1. The van der Waals surface area contributed by atoms with Gasteiger partial charge in [0.1, 0.15) is 23.1 Å². The van der Waals surface area contributed by atoms with E-state index in [1.54, 1.807) is 20.8 Å². The highest BCUT2D eigenvalue weighted by atomic mass is 32.2. The Morgan fingerprint density at radius 1 is 1.48 bits per heavy atom. The van der Waals surface area contributed by atoms with Gasteiger partial charge in [-0.25, -0.2) is 18.6 Å². The van der Waals surface area contributed by atoms with Crippen LogP contribution in [0.3, 0.4) is 0 Å². The topological polar surface area (TPSA) is 103 Å². The van der Waals surface area contributed by atoms with Crippen molar-refractivity contribution in [2.45, 2.75) is 38.1 Å². The van der Waals surface area contributed by atoms with Crippen LogP contribution in [0.5, 0.6) is 0 Å². The maximum absolute atomic E-state index is 14.7. The summed E-state index contributed by atoms with van der Waals surface area (Å²) in [5.74, 6) is -1.35. The summed E-state index contributed by atoms with van der Waals surface area (Å²) in [6.07, 6.45) is -2.20. The molecule has 8 nitrogen and oxygen atoms in total. The molecule has 11 heteroatoms. The van der Waals surface area contributed by atoms with Gasteiger partial charge in [0, 0.05) is 29.4 Å². The average molecular weight is 429 g/mol. The molecule has 3 rings (SSSR count). The first-order chi connectivity index (χ1) is 13.5. The van der Waals surface area contributed by atoms with Crippen LogP contribution < -0.4 is 5.32 Å². The fourth-order valence-corrected chi connectivity index (χ4v) is 4.55. The Labute approximate surface area is 170 Å². The molecule has 0 radical (unpaired) electrons. The summed E-state index contributed by atoms with van der Waals surface area (Å²) < 4.78 is 39.9. The maximum atomic E-state index is 14.7. The Balaban J connectivity index is 2.04. The fourth-order valence-electron chi connectivity index (χ4n) is 3.34. The maximum Gasteiger partial charge on any atom is 0.413 e. The van der Waals surface area contributed by atoms with Gasteiger partial charge in [0.15, 0.2) is 5.17 Å². The monoisotopic (exact) mass is 429 g/mol. The minimum absolute atomic E-state index is 0.110. The van der Waals surface area contributed by atoms with Gasteiger partial charge in [0.05, 0.1) is 18.1 Å². The lowest BCUT2D eigenvalue weighted by molar-refractivity contribution is -0.385. The number of non-ortho nitro benzene ring substituents is 1. The molecule has 158 valence electrons. The molecule has 1 fully saturated rings. The summed E-state index contributed by atoms with van der Waals surface area (Å²) in [6.45, 7) is 4.74. The van der Waals surface area contributed by atoms with Gasteiger partial charge < -0.3 is 9.47 Å². The van der Waals surface area contributed by atoms with Gasteiger partial charge in [0.25, 0.3) is 5.69 Å². The number of nitrogens with zero attached hydrogens (tertiary/aromatic N) is 2. The predicted molar refractivity (Wildman–Crippen MR) is 103 cm³/mol. The molecule has 1 saturated heterocycles. The van der Waals surface area contributed by atoms with Crippen molar-refractivity contribution in [3.05, 3.63) is 39.7 Å². The molecule has 3 atom stereocenters. The zero-order chi connectivity index (χ0) is 21.4. The number of nitro groups is 1. The van der Waals surface area contributed by atoms with Crippen LogP contribution in [0.1, 0.15) is 26.3 Å². The van der Waals surface area contributed by atoms with Crippen LogP contribution in [0.4, 0.5) is 19.3 Å². The number of alkyl halides is 1. The molecule has 0 aromatic heterocycles. The van der Waals surface area contributed by atoms with Gasteiger partial charge in [-0.1, -0.05) is 11.8 Å². The van der Waals surface area contributed by atoms with E-state index < -0.39 is 40.1 Å². The molecule has 2 aliphatic heterocycles. The molecule has 1 N–H and O–H groups in total. The third-order valence-corrected chi connectivity index (χ3v) is 5.58. The minimum atomic E-state index is -1.54. The second-order valence-electron chi connectivity index (χ2n) is 7.84. The summed E-state index contributed by atoms with van der Waals surface area (Å²) in [5, 5.41) is 13.8. The van der Waals surface area contributed by atoms with E-state index in [0.29, 0.717) is 0 Å². The first-order valence-electron chi connectivity index (χ1n) is 8.91. The number of rotatable bonds is 2. The SMILES string of the molecule is CC(C)(C)OC(=O)NC1=N[C@@]2(c3cc([N+](=O)[O-])ccc3F)COC[C@@H](F)[C@H]2CS1. The number of alkyl carbamates (subject to hydrolysis) is 1. The van der Waals surface area contributed by atoms with Crippen molar-refractivity contribution < 1.29 is 28.0 Å². The van der Waals surface area contributed by atoms with Crippen LogP contribution >= 0.6 is 11.8 Å². The van der Waals surface area contributed by atoms with Crippen molar-refractivity contribution in [3.63, 3.8) is 0 Å². The number of thioether (sulfide) groups is 1. The Hall–Kier alpha value is -2.27. The number of fused-ring (bicyclic) bond motifs is 1. The van der Waals surface area contributed by atoms with Crippen LogP contribution in [0, 0.1) is 21.8 Å². The standard InChI is InChI=1S/C18H21F2N3O5S/c1-17(2,3)28-16(24)21-15-22-18(9-27-7-14(20)12(18)8-29-15)11-6-10(23(25)26)4-5-13(11)19/h4-6,12,14H,7-9H2,1-3H3,(H,21,22,24)/t12-,14-,18-/m1/s1. The molecule has 2 aliphatic rings. The van der Waals surface area contributed by atoms with E-state index in [1.807, 2.05) is 0 Å². The minimum Gasteiger partial charge on any atom is -0.444 e. The van der Waals surface area contributed by atoms with E-state index in [2.05, 4.69) is 10.3 Å². The third kappa shape index (κ3) is 4.50. The molecule has 0 spiro atoms. The number of hydrogen-bond acceptors (Lipinski definition) is 7. The Morgan fingerprint density at radius 3 is 2.86 bits per heavy atom. The number of halogens is 2. The van der Waals surface area contributed by atoms with Gasteiger partial charge in [-0.2, -0.15) is 0 Å². The molecule has 0 aliphatic carbocycles. The fraction of sp³-hybridized carbons (Fsp3) is 0.556. The van der Waals surface area contributed by atoms with Crippen LogP contribution in [0.25, 0.3) is 0 Å². The van der Waals surface area contributed by atoms with Crippen LogP contribution in [0.2, 0.25) is 0 Å². The molecule has 1 aromatic carbocycles. The van der Waals surface area contributed by atoms with E-state index in [0.717, 1.165) is 30.0 Å². The van der Waals surface area contributed by atoms with Crippen molar-refractivity contribution >= 4 is 28.7 Å². The van der Waals surface area contributed by atoms with Crippen LogP contribution in [0.15, 0.2) is 23.2 Å². The largest absolute Gasteiger partial charge is 0.444 e. The third-order valence-electron chi connectivity index (χ3n) is 4.58. The quantitative estimate of drug-likeness (QED) is 0.570. The molecule has 0 unspecified atom stereocenters. The van der Waals surface area contributed by atoms with Crippen molar-refractivity contribution in [2.75, 3.05) is 19.0 Å². The molecule has 29 heavy (non-hydrogen) atoms. The van der Waals surface area contributed by atoms with Gasteiger partial charge in [-0.3, -0.25) is 15.4 Å². The van der Waals surface area contributed by atoms with Gasteiger partial charge >= 0.3 is 6.09 Å². The van der Waals surface area contributed by atoms with Crippen LogP contribution in [-0.4, -0.2) is 46.9 Å². The average Bonchev–Trinajstić information content (AvgIpc) is 2.60.